The Morgan fingerprint density at radius 2 is 2.05 bits per heavy atom. The van der Waals surface area contributed by atoms with E-state index < -0.39 is 0 Å². The molecule has 0 radical (unpaired) electrons. The first kappa shape index (κ1) is 16.1. The second-order valence-corrected chi connectivity index (χ2v) is 5.37. The highest BCUT2D eigenvalue weighted by molar-refractivity contribution is 5.75. The standard InChI is InChI=1S/C18H21FN2O/c1-2-4-18(22)21-13-16(11-14-5-3-10-20-12-14)15-6-8-17(19)9-7-15/h3,5-10,12,16H,2,4,11,13H2,1H3,(H,21,22). The lowest BCUT2D eigenvalue weighted by atomic mass is 9.92. The quantitative estimate of drug-likeness (QED) is 0.851. The number of hydrogen-bond donors (Lipinski definition) is 1. The summed E-state index contributed by atoms with van der Waals surface area (Å²) in [7, 11) is 0. The maximum atomic E-state index is 13.1. The molecule has 3 nitrogen and oxygen atoms in total. The molecule has 1 unspecified atom stereocenters. The zero-order chi connectivity index (χ0) is 15.8. The van der Waals surface area contributed by atoms with Gasteiger partial charge < -0.3 is 5.32 Å². The molecule has 2 rings (SSSR count). The summed E-state index contributed by atoms with van der Waals surface area (Å²) in [5, 5.41) is 2.96. The minimum absolute atomic E-state index is 0.0563. The van der Waals surface area contributed by atoms with Gasteiger partial charge in [-0.3, -0.25) is 9.78 Å². The highest BCUT2D eigenvalue weighted by Crippen LogP contribution is 2.20. The molecule has 22 heavy (non-hydrogen) atoms. The lowest BCUT2D eigenvalue weighted by molar-refractivity contribution is -0.121. The van der Waals surface area contributed by atoms with Crippen LogP contribution in [0.3, 0.4) is 0 Å². The van der Waals surface area contributed by atoms with Gasteiger partial charge in [-0.25, -0.2) is 4.39 Å². The molecule has 1 heterocycles. The number of nitrogens with one attached hydrogen (secondary N) is 1. The fourth-order valence-electron chi connectivity index (χ4n) is 2.40. The number of halogens is 1. The smallest absolute Gasteiger partial charge is 0.220 e. The molecule has 1 amide bonds. The van der Waals surface area contributed by atoms with Crippen molar-refractivity contribution in [3.8, 4) is 0 Å². The molecule has 116 valence electrons. The normalized spacial score (nSPS) is 11.9. The van der Waals surface area contributed by atoms with Crippen molar-refractivity contribution in [3.05, 3.63) is 65.7 Å². The number of aromatic nitrogens is 1. The predicted octanol–water partition coefficient (Wildman–Crippen LogP) is 3.46. The van der Waals surface area contributed by atoms with Crippen molar-refractivity contribution < 1.29 is 9.18 Å². The summed E-state index contributed by atoms with van der Waals surface area (Å²) in [6, 6.07) is 10.4. The Labute approximate surface area is 130 Å². The molecule has 1 N–H and O–H groups in total. The monoisotopic (exact) mass is 300 g/mol. The van der Waals surface area contributed by atoms with Crippen molar-refractivity contribution in [2.24, 2.45) is 0 Å². The Balaban J connectivity index is 2.09. The molecular weight excluding hydrogens is 279 g/mol. The van der Waals surface area contributed by atoms with Gasteiger partial charge in [-0.05, 0) is 42.2 Å². The summed E-state index contributed by atoms with van der Waals surface area (Å²) in [5.74, 6) is -0.0923. The number of rotatable bonds is 7. The second kappa shape index (κ2) is 8.27. The molecule has 0 spiro atoms. The van der Waals surface area contributed by atoms with Crippen molar-refractivity contribution >= 4 is 5.91 Å². The fourth-order valence-corrected chi connectivity index (χ4v) is 2.40. The summed E-state index contributed by atoms with van der Waals surface area (Å²) < 4.78 is 13.1. The van der Waals surface area contributed by atoms with Gasteiger partial charge in [0.25, 0.3) is 0 Å². The zero-order valence-electron chi connectivity index (χ0n) is 12.8. The summed E-state index contributed by atoms with van der Waals surface area (Å²) in [4.78, 5) is 15.8. The van der Waals surface area contributed by atoms with E-state index in [0.29, 0.717) is 13.0 Å². The van der Waals surface area contributed by atoms with E-state index in [1.54, 1.807) is 18.3 Å². The van der Waals surface area contributed by atoms with Crippen LogP contribution >= 0.6 is 0 Å². The van der Waals surface area contributed by atoms with Crippen molar-refractivity contribution in [1.29, 1.82) is 0 Å². The minimum atomic E-state index is -0.251. The number of carbonyl (C=O) groups is 1. The van der Waals surface area contributed by atoms with Gasteiger partial charge in [0.05, 0.1) is 0 Å². The second-order valence-electron chi connectivity index (χ2n) is 5.37. The van der Waals surface area contributed by atoms with Gasteiger partial charge in [-0.15, -0.1) is 0 Å². The third-order valence-electron chi connectivity index (χ3n) is 3.57. The van der Waals surface area contributed by atoms with Crippen molar-refractivity contribution in [1.82, 2.24) is 10.3 Å². The van der Waals surface area contributed by atoms with Crippen molar-refractivity contribution in [3.63, 3.8) is 0 Å². The third kappa shape index (κ3) is 4.95. The number of amides is 1. The van der Waals surface area contributed by atoms with Crippen LogP contribution in [0.25, 0.3) is 0 Å². The molecule has 0 aliphatic rings. The molecule has 0 fully saturated rings. The van der Waals surface area contributed by atoms with Gasteiger partial charge in [0.15, 0.2) is 0 Å². The van der Waals surface area contributed by atoms with Crippen LogP contribution in [0.4, 0.5) is 4.39 Å². The van der Waals surface area contributed by atoms with Crippen LogP contribution in [0.15, 0.2) is 48.8 Å². The van der Waals surface area contributed by atoms with Crippen LogP contribution < -0.4 is 5.32 Å². The van der Waals surface area contributed by atoms with Crippen LogP contribution in [0.2, 0.25) is 0 Å². The van der Waals surface area contributed by atoms with Crippen LogP contribution in [0.5, 0.6) is 0 Å². The zero-order valence-corrected chi connectivity index (χ0v) is 12.8. The number of benzene rings is 1. The van der Waals surface area contributed by atoms with Gasteiger partial charge in [0.1, 0.15) is 5.82 Å². The van der Waals surface area contributed by atoms with Gasteiger partial charge >= 0.3 is 0 Å². The van der Waals surface area contributed by atoms with E-state index in [0.717, 1.165) is 24.0 Å². The number of hydrogen-bond acceptors (Lipinski definition) is 2. The molecule has 4 heteroatoms. The van der Waals surface area contributed by atoms with Gasteiger partial charge in [0, 0.05) is 31.3 Å². The van der Waals surface area contributed by atoms with Gasteiger partial charge in [0.2, 0.25) is 5.91 Å². The first-order chi connectivity index (χ1) is 10.7. The first-order valence-corrected chi connectivity index (χ1v) is 7.60. The van der Waals surface area contributed by atoms with E-state index in [-0.39, 0.29) is 17.6 Å². The van der Waals surface area contributed by atoms with E-state index in [2.05, 4.69) is 10.3 Å². The molecule has 0 saturated carbocycles. The molecule has 0 aliphatic heterocycles. The van der Waals surface area contributed by atoms with E-state index in [4.69, 9.17) is 0 Å². The average Bonchev–Trinajstić information content (AvgIpc) is 2.53. The molecular formula is C18H21FN2O. The summed E-state index contributed by atoms with van der Waals surface area (Å²) in [5.41, 5.74) is 2.11. The summed E-state index contributed by atoms with van der Waals surface area (Å²) in [6.45, 7) is 2.52. The number of nitrogens with zero attached hydrogens (tertiary/aromatic N) is 1. The highest BCUT2D eigenvalue weighted by Gasteiger charge is 2.14. The maximum Gasteiger partial charge on any atom is 0.220 e. The topological polar surface area (TPSA) is 42.0 Å². The number of pyridine rings is 1. The van der Waals surface area contributed by atoms with E-state index in [9.17, 15) is 9.18 Å². The lowest BCUT2D eigenvalue weighted by Gasteiger charge is -2.18. The van der Waals surface area contributed by atoms with E-state index in [1.165, 1.54) is 12.1 Å². The molecule has 0 aliphatic carbocycles. The van der Waals surface area contributed by atoms with Crippen LogP contribution in [-0.2, 0) is 11.2 Å². The summed E-state index contributed by atoms with van der Waals surface area (Å²) >= 11 is 0. The molecule has 1 aromatic heterocycles. The molecule has 1 aromatic carbocycles. The molecule has 0 bridgehead atoms. The third-order valence-corrected chi connectivity index (χ3v) is 3.57. The Kier molecular flexibility index (Phi) is 6.07. The molecule has 0 saturated heterocycles. The van der Waals surface area contributed by atoms with Gasteiger partial charge in [-0.2, -0.15) is 0 Å². The van der Waals surface area contributed by atoms with Crippen LogP contribution in [0.1, 0.15) is 36.8 Å². The van der Waals surface area contributed by atoms with E-state index in [1.807, 2.05) is 25.3 Å². The largest absolute Gasteiger partial charge is 0.355 e. The van der Waals surface area contributed by atoms with Crippen molar-refractivity contribution in [2.45, 2.75) is 32.1 Å². The minimum Gasteiger partial charge on any atom is -0.355 e. The van der Waals surface area contributed by atoms with E-state index >= 15 is 0 Å². The Morgan fingerprint density at radius 1 is 1.27 bits per heavy atom. The van der Waals surface area contributed by atoms with Gasteiger partial charge in [-0.1, -0.05) is 25.1 Å². The SMILES string of the molecule is CCCC(=O)NCC(Cc1cccnc1)c1ccc(F)cc1. The molecule has 1 atom stereocenters. The summed E-state index contributed by atoms with van der Waals surface area (Å²) in [6.07, 6.45) is 5.67. The predicted molar refractivity (Wildman–Crippen MR) is 85.0 cm³/mol. The Bertz CT molecular complexity index is 584. The Morgan fingerprint density at radius 3 is 2.68 bits per heavy atom. The molecule has 2 aromatic rings. The maximum absolute atomic E-state index is 13.1. The number of carbonyl (C=O) groups excluding carboxylic acids is 1. The van der Waals surface area contributed by atoms with Crippen molar-refractivity contribution in [2.75, 3.05) is 6.54 Å². The highest BCUT2D eigenvalue weighted by atomic mass is 19.1. The lowest BCUT2D eigenvalue weighted by Crippen LogP contribution is -2.29. The Hall–Kier alpha value is -2.23. The van der Waals surface area contributed by atoms with Crippen LogP contribution in [-0.4, -0.2) is 17.4 Å². The first-order valence-electron chi connectivity index (χ1n) is 7.60. The van der Waals surface area contributed by atoms with Crippen LogP contribution in [0, 0.1) is 5.82 Å². The average molecular weight is 300 g/mol. The fraction of sp³-hybridized carbons (Fsp3) is 0.333.